The number of likely N-dealkylation sites (tertiary alicyclic amines) is 1. The van der Waals surface area contributed by atoms with Crippen LogP contribution in [0.25, 0.3) is 0 Å². The molecular formula is C12H24N2O2. The summed E-state index contributed by atoms with van der Waals surface area (Å²) >= 11 is 0. The second-order valence-corrected chi connectivity index (χ2v) is 5.42. The molecule has 16 heavy (non-hydrogen) atoms. The molecule has 1 aliphatic heterocycles. The van der Waals surface area contributed by atoms with Crippen molar-refractivity contribution in [2.45, 2.75) is 39.2 Å². The lowest BCUT2D eigenvalue weighted by Crippen LogP contribution is -2.53. The van der Waals surface area contributed by atoms with Gasteiger partial charge in [0.15, 0.2) is 0 Å². The number of carbonyl (C=O) groups is 1. The first-order chi connectivity index (χ1) is 7.44. The average molecular weight is 228 g/mol. The van der Waals surface area contributed by atoms with E-state index in [1.807, 2.05) is 18.7 Å². The van der Waals surface area contributed by atoms with Crippen molar-refractivity contribution < 1.29 is 9.53 Å². The third-order valence-corrected chi connectivity index (χ3v) is 3.02. The highest BCUT2D eigenvalue weighted by molar-refractivity contribution is 5.75. The lowest BCUT2D eigenvalue weighted by atomic mass is 9.99. The monoisotopic (exact) mass is 228 g/mol. The van der Waals surface area contributed by atoms with Gasteiger partial charge in [0, 0.05) is 20.2 Å². The van der Waals surface area contributed by atoms with Crippen molar-refractivity contribution in [3.63, 3.8) is 0 Å². The minimum Gasteiger partial charge on any atom is -0.382 e. The Bertz CT molecular complexity index is 233. The zero-order valence-electron chi connectivity index (χ0n) is 10.9. The summed E-state index contributed by atoms with van der Waals surface area (Å²) in [5.41, 5.74) is -0.297. The molecule has 0 aliphatic carbocycles. The number of nitrogens with zero attached hydrogens (tertiary/aromatic N) is 1. The molecule has 0 aromatic heterocycles. The molecule has 1 heterocycles. The zero-order valence-corrected chi connectivity index (χ0v) is 10.9. The maximum Gasteiger partial charge on any atom is 0.317 e. The molecule has 4 nitrogen and oxygen atoms in total. The highest BCUT2D eigenvalue weighted by Gasteiger charge is 2.25. The molecule has 0 aromatic rings. The van der Waals surface area contributed by atoms with E-state index < -0.39 is 0 Å². The number of methoxy groups -OCH3 is 1. The van der Waals surface area contributed by atoms with Crippen molar-refractivity contribution in [2.24, 2.45) is 5.92 Å². The van der Waals surface area contributed by atoms with E-state index >= 15 is 0 Å². The van der Waals surface area contributed by atoms with Gasteiger partial charge in [0.05, 0.1) is 12.1 Å². The molecule has 0 aromatic carbocycles. The van der Waals surface area contributed by atoms with Gasteiger partial charge in [-0.1, -0.05) is 6.92 Å². The highest BCUT2D eigenvalue weighted by atomic mass is 16.5. The van der Waals surface area contributed by atoms with E-state index in [2.05, 4.69) is 12.2 Å². The average Bonchev–Trinajstić information content (AvgIpc) is 2.17. The normalized spacial score (nSPS) is 18.6. The van der Waals surface area contributed by atoms with Gasteiger partial charge in [-0.2, -0.15) is 0 Å². The molecule has 1 N–H and O–H groups in total. The lowest BCUT2D eigenvalue weighted by Gasteiger charge is -2.34. The third kappa shape index (κ3) is 4.00. The number of hydrogen-bond acceptors (Lipinski definition) is 2. The Labute approximate surface area is 98.3 Å². The fraction of sp³-hybridized carbons (Fsp3) is 0.917. The molecule has 94 valence electrons. The first-order valence-electron chi connectivity index (χ1n) is 6.00. The van der Waals surface area contributed by atoms with Gasteiger partial charge in [0.25, 0.3) is 0 Å². The quantitative estimate of drug-likeness (QED) is 0.801. The largest absolute Gasteiger partial charge is 0.382 e. The van der Waals surface area contributed by atoms with Crippen LogP contribution >= 0.6 is 0 Å². The fourth-order valence-corrected chi connectivity index (χ4v) is 1.98. The number of amides is 2. The molecule has 1 rings (SSSR count). The SMILES string of the molecule is COCC(C)(C)NC(=O)N1CCC(C)CC1. The number of urea groups is 1. The van der Waals surface area contributed by atoms with Gasteiger partial charge in [0.2, 0.25) is 0 Å². The molecule has 1 fully saturated rings. The minimum absolute atomic E-state index is 0.0361. The fourth-order valence-electron chi connectivity index (χ4n) is 1.98. The molecule has 0 saturated carbocycles. The van der Waals surface area contributed by atoms with Crippen LogP contribution in [0.3, 0.4) is 0 Å². The van der Waals surface area contributed by atoms with Crippen LogP contribution in [-0.2, 0) is 4.74 Å². The molecular weight excluding hydrogens is 204 g/mol. The van der Waals surface area contributed by atoms with Crippen LogP contribution in [0.2, 0.25) is 0 Å². The predicted octanol–water partition coefficient (Wildman–Crippen LogP) is 1.85. The zero-order chi connectivity index (χ0) is 12.2. The summed E-state index contributed by atoms with van der Waals surface area (Å²) < 4.78 is 5.08. The lowest BCUT2D eigenvalue weighted by molar-refractivity contribution is 0.118. The van der Waals surface area contributed by atoms with E-state index in [-0.39, 0.29) is 11.6 Å². The first-order valence-corrected chi connectivity index (χ1v) is 6.00. The molecule has 0 radical (unpaired) electrons. The highest BCUT2D eigenvalue weighted by Crippen LogP contribution is 2.16. The van der Waals surface area contributed by atoms with Gasteiger partial charge in [-0.25, -0.2) is 4.79 Å². The summed E-state index contributed by atoms with van der Waals surface area (Å²) in [6, 6.07) is 0.0361. The van der Waals surface area contributed by atoms with Crippen LogP contribution in [0.4, 0.5) is 4.79 Å². The summed E-state index contributed by atoms with van der Waals surface area (Å²) in [6.45, 7) is 8.46. The van der Waals surface area contributed by atoms with E-state index in [1.54, 1.807) is 7.11 Å². The summed E-state index contributed by atoms with van der Waals surface area (Å²) in [6.07, 6.45) is 2.22. The van der Waals surface area contributed by atoms with Crippen LogP contribution in [-0.4, -0.2) is 43.3 Å². The Morgan fingerprint density at radius 3 is 2.50 bits per heavy atom. The smallest absolute Gasteiger partial charge is 0.317 e. The van der Waals surface area contributed by atoms with Crippen LogP contribution in [0.15, 0.2) is 0 Å². The Morgan fingerprint density at radius 1 is 1.44 bits per heavy atom. The van der Waals surface area contributed by atoms with Gasteiger partial charge < -0.3 is 15.0 Å². The summed E-state index contributed by atoms with van der Waals surface area (Å²) in [5, 5.41) is 3.00. The van der Waals surface area contributed by atoms with E-state index in [0.717, 1.165) is 31.8 Å². The van der Waals surface area contributed by atoms with E-state index in [1.165, 1.54) is 0 Å². The van der Waals surface area contributed by atoms with Crippen molar-refractivity contribution in [3.05, 3.63) is 0 Å². The van der Waals surface area contributed by atoms with Crippen molar-refractivity contribution in [3.8, 4) is 0 Å². The van der Waals surface area contributed by atoms with Crippen molar-refractivity contribution in [1.29, 1.82) is 0 Å². The standard InChI is InChI=1S/C12H24N2O2/c1-10-5-7-14(8-6-10)11(15)13-12(2,3)9-16-4/h10H,5-9H2,1-4H3,(H,13,15). The predicted molar refractivity (Wildman–Crippen MR) is 64.5 cm³/mol. The molecule has 1 saturated heterocycles. The molecule has 0 unspecified atom stereocenters. The Hall–Kier alpha value is -0.770. The van der Waals surface area contributed by atoms with E-state index in [0.29, 0.717) is 6.61 Å². The van der Waals surface area contributed by atoms with Crippen molar-refractivity contribution in [2.75, 3.05) is 26.8 Å². The number of carbonyl (C=O) groups excluding carboxylic acids is 1. The van der Waals surface area contributed by atoms with Crippen LogP contribution in [0.1, 0.15) is 33.6 Å². The Morgan fingerprint density at radius 2 is 2.00 bits per heavy atom. The molecule has 0 spiro atoms. The molecule has 4 heteroatoms. The molecule has 1 aliphatic rings. The van der Waals surface area contributed by atoms with E-state index in [9.17, 15) is 4.79 Å². The maximum atomic E-state index is 12.0. The van der Waals surface area contributed by atoms with Crippen LogP contribution in [0, 0.1) is 5.92 Å². The Kier molecular flexibility index (Phi) is 4.59. The second-order valence-electron chi connectivity index (χ2n) is 5.42. The van der Waals surface area contributed by atoms with Gasteiger partial charge in [0.1, 0.15) is 0 Å². The number of nitrogens with one attached hydrogen (secondary N) is 1. The first kappa shape index (κ1) is 13.3. The summed E-state index contributed by atoms with van der Waals surface area (Å²) in [4.78, 5) is 13.9. The van der Waals surface area contributed by atoms with Gasteiger partial charge in [-0.15, -0.1) is 0 Å². The van der Waals surface area contributed by atoms with Crippen LogP contribution in [0.5, 0.6) is 0 Å². The number of hydrogen-bond donors (Lipinski definition) is 1. The van der Waals surface area contributed by atoms with Gasteiger partial charge in [-0.3, -0.25) is 0 Å². The number of piperidine rings is 1. The third-order valence-electron chi connectivity index (χ3n) is 3.02. The number of rotatable bonds is 3. The van der Waals surface area contributed by atoms with Gasteiger partial charge in [-0.05, 0) is 32.6 Å². The van der Waals surface area contributed by atoms with Gasteiger partial charge >= 0.3 is 6.03 Å². The second kappa shape index (κ2) is 5.53. The summed E-state index contributed by atoms with van der Waals surface area (Å²) in [5.74, 6) is 0.746. The topological polar surface area (TPSA) is 41.6 Å². The minimum atomic E-state index is -0.297. The van der Waals surface area contributed by atoms with E-state index in [4.69, 9.17) is 4.74 Å². The van der Waals surface area contributed by atoms with Crippen LogP contribution < -0.4 is 5.32 Å². The van der Waals surface area contributed by atoms with Crippen molar-refractivity contribution >= 4 is 6.03 Å². The molecule has 0 atom stereocenters. The Balaban J connectivity index is 2.40. The molecule has 2 amide bonds. The van der Waals surface area contributed by atoms with Crippen molar-refractivity contribution in [1.82, 2.24) is 10.2 Å². The maximum absolute atomic E-state index is 12.0. The summed E-state index contributed by atoms with van der Waals surface area (Å²) in [7, 11) is 1.65. The molecule has 0 bridgehead atoms. The number of ether oxygens (including phenoxy) is 1.